The summed E-state index contributed by atoms with van der Waals surface area (Å²) in [5, 5.41) is 3.63. The van der Waals surface area contributed by atoms with Gasteiger partial charge in [-0.15, -0.1) is 0 Å². The van der Waals surface area contributed by atoms with Crippen molar-refractivity contribution in [2.24, 2.45) is 0 Å². The third-order valence-corrected chi connectivity index (χ3v) is 3.30. The van der Waals surface area contributed by atoms with Crippen molar-refractivity contribution in [1.82, 2.24) is 5.32 Å². The molecule has 0 bridgehead atoms. The van der Waals surface area contributed by atoms with Crippen LogP contribution in [0.5, 0.6) is 0 Å². The van der Waals surface area contributed by atoms with Crippen molar-refractivity contribution in [3.05, 3.63) is 34.1 Å². The molecule has 0 saturated carbocycles. The number of benzene rings is 1. The van der Waals surface area contributed by atoms with E-state index in [0.717, 1.165) is 24.1 Å². The maximum atomic E-state index is 13.3. The van der Waals surface area contributed by atoms with Gasteiger partial charge >= 0.3 is 0 Å². The Bertz CT molecular complexity index is 359. The SMILES string of the molecule is Cc1cc(Cl)c(F)cc1CC1CCCN1. The van der Waals surface area contributed by atoms with E-state index in [1.807, 2.05) is 6.92 Å². The van der Waals surface area contributed by atoms with Crippen molar-refractivity contribution in [3.8, 4) is 0 Å². The molecule has 1 N–H and O–H groups in total. The molecule has 1 atom stereocenters. The van der Waals surface area contributed by atoms with Gasteiger partial charge in [-0.2, -0.15) is 0 Å². The van der Waals surface area contributed by atoms with Gasteiger partial charge in [0.1, 0.15) is 5.82 Å². The van der Waals surface area contributed by atoms with E-state index >= 15 is 0 Å². The highest BCUT2D eigenvalue weighted by Gasteiger charge is 2.16. The van der Waals surface area contributed by atoms with Crippen LogP contribution < -0.4 is 5.32 Å². The van der Waals surface area contributed by atoms with Gasteiger partial charge in [0, 0.05) is 6.04 Å². The molecule has 15 heavy (non-hydrogen) atoms. The highest BCUT2D eigenvalue weighted by Crippen LogP contribution is 2.22. The minimum Gasteiger partial charge on any atom is -0.314 e. The predicted octanol–water partition coefficient (Wildman–Crippen LogP) is 3.08. The van der Waals surface area contributed by atoms with Crippen molar-refractivity contribution in [2.75, 3.05) is 6.54 Å². The standard InChI is InChI=1S/C12H15ClFN/c1-8-5-11(13)12(14)7-9(8)6-10-3-2-4-15-10/h5,7,10,15H,2-4,6H2,1H3. The second-order valence-electron chi connectivity index (χ2n) is 4.19. The summed E-state index contributed by atoms with van der Waals surface area (Å²) in [5.41, 5.74) is 2.14. The van der Waals surface area contributed by atoms with E-state index in [-0.39, 0.29) is 10.8 Å². The third-order valence-electron chi connectivity index (χ3n) is 3.01. The van der Waals surface area contributed by atoms with Crippen molar-refractivity contribution < 1.29 is 4.39 Å². The van der Waals surface area contributed by atoms with Crippen LogP contribution in [0.15, 0.2) is 12.1 Å². The lowest BCUT2D eigenvalue weighted by Crippen LogP contribution is -2.24. The molecule has 2 rings (SSSR count). The maximum Gasteiger partial charge on any atom is 0.142 e. The van der Waals surface area contributed by atoms with Crippen LogP contribution in [-0.2, 0) is 6.42 Å². The first-order chi connectivity index (χ1) is 7.16. The van der Waals surface area contributed by atoms with Crippen LogP contribution in [0.4, 0.5) is 4.39 Å². The summed E-state index contributed by atoms with van der Waals surface area (Å²) in [7, 11) is 0. The Labute approximate surface area is 94.6 Å². The zero-order valence-corrected chi connectivity index (χ0v) is 9.57. The monoisotopic (exact) mass is 227 g/mol. The summed E-state index contributed by atoms with van der Waals surface area (Å²) in [6.07, 6.45) is 3.31. The molecule has 0 aliphatic carbocycles. The second kappa shape index (κ2) is 4.50. The summed E-state index contributed by atoms with van der Waals surface area (Å²) in [5.74, 6) is -0.310. The van der Waals surface area contributed by atoms with Gasteiger partial charge in [-0.3, -0.25) is 0 Å². The van der Waals surface area contributed by atoms with Gasteiger partial charge in [0.05, 0.1) is 5.02 Å². The molecule has 82 valence electrons. The first-order valence-corrected chi connectivity index (χ1v) is 5.72. The molecule has 3 heteroatoms. The molecule has 1 heterocycles. The molecule has 1 fully saturated rings. The minimum atomic E-state index is -0.310. The van der Waals surface area contributed by atoms with Gasteiger partial charge in [0.25, 0.3) is 0 Å². The van der Waals surface area contributed by atoms with Crippen molar-refractivity contribution >= 4 is 11.6 Å². The van der Waals surface area contributed by atoms with Gasteiger partial charge in [0.15, 0.2) is 0 Å². The first-order valence-electron chi connectivity index (χ1n) is 5.34. The molecule has 1 aromatic carbocycles. The average Bonchev–Trinajstić information content (AvgIpc) is 2.67. The lowest BCUT2D eigenvalue weighted by Gasteiger charge is -2.12. The number of nitrogens with one attached hydrogen (secondary N) is 1. The Hall–Kier alpha value is -0.600. The number of rotatable bonds is 2. The Balaban J connectivity index is 2.16. The summed E-state index contributed by atoms with van der Waals surface area (Å²) >= 11 is 5.71. The molecular weight excluding hydrogens is 213 g/mol. The Morgan fingerprint density at radius 1 is 1.53 bits per heavy atom. The van der Waals surface area contributed by atoms with Crippen molar-refractivity contribution in [1.29, 1.82) is 0 Å². The molecule has 0 aromatic heterocycles. The van der Waals surface area contributed by atoms with Crippen LogP contribution >= 0.6 is 11.6 Å². The number of halogens is 2. The average molecular weight is 228 g/mol. The van der Waals surface area contributed by atoms with E-state index in [1.54, 1.807) is 12.1 Å². The van der Waals surface area contributed by atoms with Gasteiger partial charge < -0.3 is 5.32 Å². The molecule has 1 aromatic rings. The summed E-state index contributed by atoms with van der Waals surface area (Å²) in [4.78, 5) is 0. The predicted molar refractivity (Wildman–Crippen MR) is 60.9 cm³/mol. The third kappa shape index (κ3) is 2.50. The molecule has 1 aliphatic heterocycles. The van der Waals surface area contributed by atoms with Gasteiger partial charge in [-0.05, 0) is 56.0 Å². The topological polar surface area (TPSA) is 12.0 Å². The zero-order chi connectivity index (χ0) is 10.8. The first kappa shape index (κ1) is 10.9. The molecule has 1 nitrogen and oxygen atoms in total. The Kier molecular flexibility index (Phi) is 3.27. The molecule has 1 aliphatic rings. The summed E-state index contributed by atoms with van der Waals surface area (Å²) in [6, 6.07) is 3.78. The van der Waals surface area contributed by atoms with Crippen LogP contribution in [-0.4, -0.2) is 12.6 Å². The molecule has 1 saturated heterocycles. The van der Waals surface area contributed by atoms with Crippen LogP contribution in [0.1, 0.15) is 24.0 Å². The summed E-state index contributed by atoms with van der Waals surface area (Å²) in [6.45, 7) is 3.06. The lowest BCUT2D eigenvalue weighted by molar-refractivity contribution is 0.591. The van der Waals surface area contributed by atoms with Crippen LogP contribution in [0.3, 0.4) is 0 Å². The van der Waals surface area contributed by atoms with E-state index in [2.05, 4.69) is 5.32 Å². The Morgan fingerprint density at radius 2 is 2.33 bits per heavy atom. The number of hydrogen-bond acceptors (Lipinski definition) is 1. The molecular formula is C12H15ClFN. The fraction of sp³-hybridized carbons (Fsp3) is 0.500. The molecule has 0 amide bonds. The quantitative estimate of drug-likeness (QED) is 0.819. The van der Waals surface area contributed by atoms with E-state index in [1.165, 1.54) is 12.8 Å². The normalized spacial score (nSPS) is 20.9. The number of aryl methyl sites for hydroxylation is 1. The fourth-order valence-corrected chi connectivity index (χ4v) is 2.32. The molecule has 0 spiro atoms. The highest BCUT2D eigenvalue weighted by atomic mass is 35.5. The van der Waals surface area contributed by atoms with Crippen LogP contribution in [0.2, 0.25) is 5.02 Å². The van der Waals surface area contributed by atoms with Gasteiger partial charge in [0.2, 0.25) is 0 Å². The van der Waals surface area contributed by atoms with E-state index in [9.17, 15) is 4.39 Å². The fourth-order valence-electron chi connectivity index (χ4n) is 2.10. The molecule has 1 unspecified atom stereocenters. The second-order valence-corrected chi connectivity index (χ2v) is 4.60. The summed E-state index contributed by atoms with van der Waals surface area (Å²) < 4.78 is 13.3. The zero-order valence-electron chi connectivity index (χ0n) is 8.82. The smallest absolute Gasteiger partial charge is 0.142 e. The largest absolute Gasteiger partial charge is 0.314 e. The maximum absolute atomic E-state index is 13.3. The highest BCUT2D eigenvalue weighted by molar-refractivity contribution is 6.30. The van der Waals surface area contributed by atoms with E-state index in [0.29, 0.717) is 6.04 Å². The Morgan fingerprint density at radius 3 is 3.00 bits per heavy atom. The van der Waals surface area contributed by atoms with Gasteiger partial charge in [-0.25, -0.2) is 4.39 Å². The van der Waals surface area contributed by atoms with E-state index in [4.69, 9.17) is 11.6 Å². The van der Waals surface area contributed by atoms with Gasteiger partial charge in [-0.1, -0.05) is 11.6 Å². The number of hydrogen-bond donors (Lipinski definition) is 1. The van der Waals surface area contributed by atoms with Crippen molar-refractivity contribution in [3.63, 3.8) is 0 Å². The van der Waals surface area contributed by atoms with E-state index < -0.39 is 0 Å². The van der Waals surface area contributed by atoms with Crippen molar-refractivity contribution in [2.45, 2.75) is 32.2 Å². The van der Waals surface area contributed by atoms with Crippen LogP contribution in [0.25, 0.3) is 0 Å². The van der Waals surface area contributed by atoms with Crippen LogP contribution in [0, 0.1) is 12.7 Å². The molecule has 0 radical (unpaired) electrons. The lowest BCUT2D eigenvalue weighted by atomic mass is 10.00. The minimum absolute atomic E-state index is 0.218.